The Labute approximate surface area is 76.0 Å². The first-order chi connectivity index (χ1) is 5.75. The van der Waals surface area contributed by atoms with Crippen LogP contribution < -0.4 is 5.73 Å². The van der Waals surface area contributed by atoms with E-state index in [0.717, 1.165) is 19.3 Å². The molecule has 0 unspecified atom stereocenters. The normalized spacial score (nSPS) is 21.9. The number of H-pyrrole nitrogens is 1. The van der Waals surface area contributed by atoms with E-state index in [1.807, 2.05) is 6.20 Å². The molecular formula is C8H11N3S. The molecule has 0 amide bonds. The monoisotopic (exact) mass is 181 g/mol. The van der Waals surface area contributed by atoms with Crippen LogP contribution in [0.3, 0.4) is 0 Å². The molecule has 0 saturated heterocycles. The first-order valence-electron chi connectivity index (χ1n) is 4.08. The highest BCUT2D eigenvalue weighted by atomic mass is 32.1. The van der Waals surface area contributed by atoms with Crippen LogP contribution in [0.2, 0.25) is 0 Å². The van der Waals surface area contributed by atoms with Crippen LogP contribution in [0, 0.1) is 4.77 Å². The van der Waals surface area contributed by atoms with Crippen molar-refractivity contribution in [2.24, 2.45) is 5.73 Å². The summed E-state index contributed by atoms with van der Waals surface area (Å²) in [6.45, 7) is 0. The number of nitrogens with zero attached hydrogens (tertiary/aromatic N) is 1. The fraction of sp³-hybridized carbons (Fsp3) is 0.500. The van der Waals surface area contributed by atoms with Crippen LogP contribution in [0.25, 0.3) is 0 Å². The van der Waals surface area contributed by atoms with Crippen molar-refractivity contribution in [2.75, 3.05) is 0 Å². The standard InChI is InChI=1S/C8H11N3S/c9-6-1-2-7-5(3-6)4-10-8(12)11-7/h4,6H,1-3,9H2,(H,10,11,12)/t6-/m0/s1. The number of aromatic amines is 1. The van der Waals surface area contributed by atoms with Gasteiger partial charge in [0.2, 0.25) is 0 Å². The second-order valence-electron chi connectivity index (χ2n) is 3.20. The zero-order valence-electron chi connectivity index (χ0n) is 6.71. The van der Waals surface area contributed by atoms with Crippen molar-refractivity contribution in [3.05, 3.63) is 22.2 Å². The van der Waals surface area contributed by atoms with E-state index in [1.54, 1.807) is 0 Å². The molecule has 1 heterocycles. The highest BCUT2D eigenvalue weighted by Gasteiger charge is 2.15. The Morgan fingerprint density at radius 1 is 1.67 bits per heavy atom. The molecule has 12 heavy (non-hydrogen) atoms. The fourth-order valence-corrected chi connectivity index (χ4v) is 1.75. The lowest BCUT2D eigenvalue weighted by Crippen LogP contribution is -2.28. The van der Waals surface area contributed by atoms with Crippen molar-refractivity contribution in [2.45, 2.75) is 25.3 Å². The molecule has 0 bridgehead atoms. The molecule has 0 fully saturated rings. The lowest BCUT2D eigenvalue weighted by Gasteiger charge is -2.19. The second kappa shape index (κ2) is 2.95. The van der Waals surface area contributed by atoms with Gasteiger partial charge < -0.3 is 10.7 Å². The molecule has 0 saturated carbocycles. The van der Waals surface area contributed by atoms with Gasteiger partial charge in [0.1, 0.15) is 0 Å². The number of nitrogens with one attached hydrogen (secondary N) is 1. The first-order valence-corrected chi connectivity index (χ1v) is 4.49. The predicted molar refractivity (Wildman–Crippen MR) is 49.4 cm³/mol. The van der Waals surface area contributed by atoms with Gasteiger partial charge >= 0.3 is 0 Å². The Morgan fingerprint density at radius 2 is 2.50 bits per heavy atom. The van der Waals surface area contributed by atoms with E-state index < -0.39 is 0 Å². The summed E-state index contributed by atoms with van der Waals surface area (Å²) >= 11 is 4.93. The molecule has 64 valence electrons. The minimum atomic E-state index is 0.295. The summed E-state index contributed by atoms with van der Waals surface area (Å²) < 4.78 is 0.573. The van der Waals surface area contributed by atoms with Gasteiger partial charge in [0.05, 0.1) is 0 Å². The van der Waals surface area contributed by atoms with E-state index in [9.17, 15) is 0 Å². The van der Waals surface area contributed by atoms with Crippen LogP contribution in [0.15, 0.2) is 6.20 Å². The third kappa shape index (κ3) is 1.40. The third-order valence-corrected chi connectivity index (χ3v) is 2.44. The van der Waals surface area contributed by atoms with E-state index >= 15 is 0 Å². The minimum absolute atomic E-state index is 0.295. The number of aromatic nitrogens is 2. The highest BCUT2D eigenvalue weighted by Crippen LogP contribution is 2.16. The summed E-state index contributed by atoms with van der Waals surface area (Å²) in [5.74, 6) is 0. The zero-order chi connectivity index (χ0) is 8.55. The number of fused-ring (bicyclic) bond motifs is 1. The number of hydrogen-bond acceptors (Lipinski definition) is 3. The lowest BCUT2D eigenvalue weighted by atomic mass is 9.94. The molecule has 1 atom stereocenters. The van der Waals surface area contributed by atoms with Gasteiger partial charge in [0.15, 0.2) is 4.77 Å². The lowest BCUT2D eigenvalue weighted by molar-refractivity contribution is 0.563. The summed E-state index contributed by atoms with van der Waals surface area (Å²) in [5, 5.41) is 0. The van der Waals surface area contributed by atoms with Gasteiger partial charge in [-0.2, -0.15) is 0 Å². The Morgan fingerprint density at radius 3 is 3.33 bits per heavy atom. The van der Waals surface area contributed by atoms with E-state index in [-0.39, 0.29) is 0 Å². The largest absolute Gasteiger partial charge is 0.334 e. The molecule has 3 nitrogen and oxygen atoms in total. The number of hydrogen-bond donors (Lipinski definition) is 2. The van der Waals surface area contributed by atoms with Crippen molar-refractivity contribution in [3.63, 3.8) is 0 Å². The summed E-state index contributed by atoms with van der Waals surface area (Å²) in [7, 11) is 0. The molecule has 1 aromatic heterocycles. The Hall–Kier alpha value is -0.740. The Balaban J connectivity index is 2.43. The van der Waals surface area contributed by atoms with Crippen molar-refractivity contribution in [3.8, 4) is 0 Å². The molecule has 1 aliphatic carbocycles. The Kier molecular flexibility index (Phi) is 1.94. The summed E-state index contributed by atoms with van der Waals surface area (Å²) in [6.07, 6.45) is 4.81. The van der Waals surface area contributed by atoms with Crippen LogP contribution in [-0.2, 0) is 12.8 Å². The molecule has 0 spiro atoms. The van der Waals surface area contributed by atoms with Crippen molar-refractivity contribution < 1.29 is 0 Å². The van der Waals surface area contributed by atoms with Gasteiger partial charge in [0, 0.05) is 17.9 Å². The molecule has 0 aliphatic heterocycles. The average molecular weight is 181 g/mol. The van der Waals surface area contributed by atoms with Gasteiger partial charge in [-0.1, -0.05) is 0 Å². The number of aryl methyl sites for hydroxylation is 1. The van der Waals surface area contributed by atoms with E-state index in [1.165, 1.54) is 11.3 Å². The van der Waals surface area contributed by atoms with E-state index in [4.69, 9.17) is 18.0 Å². The van der Waals surface area contributed by atoms with Crippen molar-refractivity contribution >= 4 is 12.2 Å². The third-order valence-electron chi connectivity index (χ3n) is 2.23. The number of rotatable bonds is 0. The van der Waals surface area contributed by atoms with E-state index in [0.29, 0.717) is 10.8 Å². The average Bonchev–Trinajstić information content (AvgIpc) is 2.05. The van der Waals surface area contributed by atoms with Crippen LogP contribution in [0.1, 0.15) is 17.7 Å². The van der Waals surface area contributed by atoms with Crippen LogP contribution in [-0.4, -0.2) is 16.0 Å². The van der Waals surface area contributed by atoms with Crippen LogP contribution >= 0.6 is 12.2 Å². The highest BCUT2D eigenvalue weighted by molar-refractivity contribution is 7.71. The molecule has 1 aliphatic rings. The SMILES string of the molecule is N[C@H]1CCc2[nH]c(=S)ncc2C1. The quantitative estimate of drug-likeness (QED) is 0.586. The predicted octanol–water partition coefficient (Wildman–Crippen LogP) is 0.955. The molecule has 0 aromatic carbocycles. The maximum atomic E-state index is 5.82. The molecule has 3 N–H and O–H groups in total. The second-order valence-corrected chi connectivity index (χ2v) is 3.58. The molecule has 2 rings (SSSR count). The summed E-state index contributed by atoms with van der Waals surface area (Å²) in [5.41, 5.74) is 8.26. The topological polar surface area (TPSA) is 54.7 Å². The fourth-order valence-electron chi connectivity index (χ4n) is 1.57. The molecule has 4 heteroatoms. The van der Waals surface area contributed by atoms with E-state index in [2.05, 4.69) is 9.97 Å². The van der Waals surface area contributed by atoms with Gasteiger partial charge in [-0.25, -0.2) is 4.98 Å². The molecular weight excluding hydrogens is 170 g/mol. The van der Waals surface area contributed by atoms with Gasteiger partial charge in [0.25, 0.3) is 0 Å². The van der Waals surface area contributed by atoms with Crippen LogP contribution in [0.5, 0.6) is 0 Å². The van der Waals surface area contributed by atoms with Crippen molar-refractivity contribution in [1.29, 1.82) is 0 Å². The van der Waals surface area contributed by atoms with Crippen molar-refractivity contribution in [1.82, 2.24) is 9.97 Å². The van der Waals surface area contributed by atoms with Gasteiger partial charge in [-0.3, -0.25) is 0 Å². The maximum absolute atomic E-state index is 5.82. The minimum Gasteiger partial charge on any atom is -0.334 e. The zero-order valence-corrected chi connectivity index (χ0v) is 7.53. The molecule has 0 radical (unpaired) electrons. The Bertz CT molecular complexity index is 344. The molecule has 1 aromatic rings. The van der Waals surface area contributed by atoms with Gasteiger partial charge in [-0.05, 0) is 37.0 Å². The maximum Gasteiger partial charge on any atom is 0.196 e. The summed E-state index contributed by atoms with van der Waals surface area (Å²) in [4.78, 5) is 7.13. The smallest absolute Gasteiger partial charge is 0.196 e. The van der Waals surface area contributed by atoms with Crippen LogP contribution in [0.4, 0.5) is 0 Å². The van der Waals surface area contributed by atoms with Gasteiger partial charge in [-0.15, -0.1) is 0 Å². The number of nitrogens with two attached hydrogens (primary N) is 1. The first kappa shape index (κ1) is 7.89. The summed E-state index contributed by atoms with van der Waals surface area (Å²) in [6, 6.07) is 0.295.